The molecule has 0 radical (unpaired) electrons. The topological polar surface area (TPSA) is 78.9 Å². The van der Waals surface area contributed by atoms with Crippen LogP contribution in [0.4, 0.5) is 0 Å². The Kier molecular flexibility index (Phi) is 59.8. The molecular formula is C69H118O6. The average molecular weight is 1040 g/mol. The van der Waals surface area contributed by atoms with Gasteiger partial charge in [-0.25, -0.2) is 0 Å². The molecule has 0 aliphatic rings. The Hall–Kier alpha value is -3.67. The van der Waals surface area contributed by atoms with E-state index in [2.05, 4.69) is 112 Å². The molecule has 0 aromatic rings. The lowest BCUT2D eigenvalue weighted by Crippen LogP contribution is -2.30. The molecule has 0 saturated heterocycles. The van der Waals surface area contributed by atoms with E-state index in [0.717, 1.165) is 103 Å². The third kappa shape index (κ3) is 61.1. The van der Waals surface area contributed by atoms with Gasteiger partial charge in [-0.1, -0.05) is 279 Å². The second-order valence-electron chi connectivity index (χ2n) is 20.9. The van der Waals surface area contributed by atoms with Gasteiger partial charge in [0, 0.05) is 19.3 Å². The van der Waals surface area contributed by atoms with E-state index >= 15 is 0 Å². The minimum atomic E-state index is -0.816. The Morgan fingerprint density at radius 1 is 0.280 bits per heavy atom. The summed E-state index contributed by atoms with van der Waals surface area (Å²) in [6.07, 6.45) is 84.5. The first-order valence-electron chi connectivity index (χ1n) is 31.7. The maximum atomic E-state index is 12.9. The van der Waals surface area contributed by atoms with Gasteiger partial charge in [0.05, 0.1) is 0 Å². The molecule has 0 rings (SSSR count). The number of allylic oxidation sites excluding steroid dienone is 16. The van der Waals surface area contributed by atoms with Crippen molar-refractivity contribution in [3.05, 3.63) is 97.2 Å². The molecule has 0 fully saturated rings. The first kappa shape index (κ1) is 71.3. The molecule has 6 heteroatoms. The average Bonchev–Trinajstić information content (AvgIpc) is 3.41. The van der Waals surface area contributed by atoms with Gasteiger partial charge in [0.2, 0.25) is 0 Å². The molecule has 0 N–H and O–H groups in total. The molecule has 75 heavy (non-hydrogen) atoms. The number of carbonyl (C=O) groups excluding carboxylic acids is 3. The van der Waals surface area contributed by atoms with Crippen molar-refractivity contribution in [1.29, 1.82) is 0 Å². The predicted molar refractivity (Wildman–Crippen MR) is 325 cm³/mol. The summed E-state index contributed by atoms with van der Waals surface area (Å²) >= 11 is 0. The standard InChI is InChI=1S/C69H118O6/c1-4-7-10-13-16-19-22-25-27-28-29-30-31-32-33-34-35-36-37-38-39-40-42-44-47-50-53-56-59-62-68(71)74-65-66(64-73-67(70)61-58-55-52-49-46-43-24-21-18-15-12-9-6-3)75-69(72)63-60-57-54-51-48-45-41-26-23-20-17-14-11-8-5-2/h8-9,11-12,17-18,20-21,26,28-29,41,43,46,52,55,66H,4-7,10,13-16,19,22-25,27,30-40,42,44-45,47-51,53-54,56-65H2,1-3H3/b11-8-,12-9-,20-17-,21-18-,29-28-,41-26-,46-43-,55-52-. The highest BCUT2D eigenvalue weighted by Crippen LogP contribution is 2.17. The summed E-state index contributed by atoms with van der Waals surface area (Å²) in [7, 11) is 0. The lowest BCUT2D eigenvalue weighted by atomic mass is 10.0. The van der Waals surface area contributed by atoms with Crippen molar-refractivity contribution in [3.63, 3.8) is 0 Å². The summed E-state index contributed by atoms with van der Waals surface area (Å²) in [6.45, 7) is 6.35. The molecule has 0 bridgehead atoms. The van der Waals surface area contributed by atoms with Crippen LogP contribution in [0.15, 0.2) is 97.2 Å². The minimum Gasteiger partial charge on any atom is -0.462 e. The molecule has 0 heterocycles. The van der Waals surface area contributed by atoms with Crippen LogP contribution in [0.3, 0.4) is 0 Å². The van der Waals surface area contributed by atoms with Crippen molar-refractivity contribution in [1.82, 2.24) is 0 Å². The van der Waals surface area contributed by atoms with Crippen molar-refractivity contribution in [2.45, 2.75) is 309 Å². The van der Waals surface area contributed by atoms with E-state index in [9.17, 15) is 14.4 Å². The predicted octanol–water partition coefficient (Wildman–Crippen LogP) is 21.7. The van der Waals surface area contributed by atoms with Gasteiger partial charge in [-0.05, 0) is 103 Å². The third-order valence-electron chi connectivity index (χ3n) is 13.6. The quantitative estimate of drug-likeness (QED) is 0.0261. The molecule has 1 atom stereocenters. The van der Waals surface area contributed by atoms with Gasteiger partial charge in [0.25, 0.3) is 0 Å². The summed E-state index contributed by atoms with van der Waals surface area (Å²) in [6, 6.07) is 0. The van der Waals surface area contributed by atoms with Gasteiger partial charge < -0.3 is 14.2 Å². The van der Waals surface area contributed by atoms with Gasteiger partial charge in [-0.3, -0.25) is 14.4 Å². The molecule has 0 aliphatic heterocycles. The van der Waals surface area contributed by atoms with E-state index in [1.165, 1.54) is 154 Å². The Morgan fingerprint density at radius 3 is 0.907 bits per heavy atom. The molecule has 0 spiro atoms. The number of rotatable bonds is 57. The number of hydrogen-bond donors (Lipinski definition) is 0. The molecule has 0 saturated carbocycles. The van der Waals surface area contributed by atoms with Crippen molar-refractivity contribution in [2.24, 2.45) is 0 Å². The molecule has 1 unspecified atom stereocenters. The van der Waals surface area contributed by atoms with Gasteiger partial charge in [-0.2, -0.15) is 0 Å². The maximum absolute atomic E-state index is 12.9. The van der Waals surface area contributed by atoms with E-state index in [0.29, 0.717) is 19.3 Å². The Morgan fingerprint density at radius 2 is 0.547 bits per heavy atom. The fraction of sp³-hybridized carbons (Fsp3) is 0.725. The van der Waals surface area contributed by atoms with Crippen LogP contribution in [0.2, 0.25) is 0 Å². The lowest BCUT2D eigenvalue weighted by Gasteiger charge is -2.18. The SMILES string of the molecule is CC/C=C\C/C=C\C/C=C\C/C=C\CCC(=O)OCC(COC(=O)CCCCCCCCCCCCCCCCCCC/C=C\CCCCCCCCCC)OC(=O)CCCCCCC/C=C\C/C=C\C/C=C\CC. The van der Waals surface area contributed by atoms with Crippen LogP contribution in [0.25, 0.3) is 0 Å². The van der Waals surface area contributed by atoms with Crippen LogP contribution in [-0.4, -0.2) is 37.2 Å². The van der Waals surface area contributed by atoms with Crippen molar-refractivity contribution >= 4 is 17.9 Å². The van der Waals surface area contributed by atoms with Crippen molar-refractivity contribution < 1.29 is 28.6 Å². The van der Waals surface area contributed by atoms with Crippen LogP contribution in [0.1, 0.15) is 303 Å². The summed E-state index contributed by atoms with van der Waals surface area (Å²) in [5.74, 6) is -1.00. The molecule has 0 amide bonds. The Labute approximate surface area is 464 Å². The highest BCUT2D eigenvalue weighted by Gasteiger charge is 2.19. The largest absolute Gasteiger partial charge is 0.462 e. The van der Waals surface area contributed by atoms with Crippen LogP contribution < -0.4 is 0 Å². The van der Waals surface area contributed by atoms with Gasteiger partial charge in [0.1, 0.15) is 13.2 Å². The van der Waals surface area contributed by atoms with Crippen LogP contribution in [0.5, 0.6) is 0 Å². The fourth-order valence-electron chi connectivity index (χ4n) is 8.88. The Balaban J connectivity index is 4.24. The maximum Gasteiger partial charge on any atom is 0.306 e. The van der Waals surface area contributed by atoms with Crippen molar-refractivity contribution in [2.75, 3.05) is 13.2 Å². The zero-order valence-corrected chi connectivity index (χ0v) is 49.3. The molecular weight excluding hydrogens is 925 g/mol. The molecule has 0 aromatic heterocycles. The van der Waals surface area contributed by atoms with Crippen LogP contribution >= 0.6 is 0 Å². The monoisotopic (exact) mass is 1040 g/mol. The zero-order chi connectivity index (χ0) is 54.3. The molecule has 430 valence electrons. The molecule has 6 nitrogen and oxygen atoms in total. The minimum absolute atomic E-state index is 0.105. The van der Waals surface area contributed by atoms with Gasteiger partial charge in [-0.15, -0.1) is 0 Å². The Bertz CT molecular complexity index is 1480. The first-order chi connectivity index (χ1) is 37.0. The first-order valence-corrected chi connectivity index (χ1v) is 31.7. The normalized spacial score (nSPS) is 12.7. The van der Waals surface area contributed by atoms with E-state index in [1.807, 2.05) is 6.08 Å². The summed E-state index contributed by atoms with van der Waals surface area (Å²) in [5.41, 5.74) is 0. The zero-order valence-electron chi connectivity index (χ0n) is 49.3. The second-order valence-corrected chi connectivity index (χ2v) is 20.9. The number of hydrogen-bond acceptors (Lipinski definition) is 6. The van der Waals surface area contributed by atoms with Gasteiger partial charge >= 0.3 is 17.9 Å². The van der Waals surface area contributed by atoms with E-state index < -0.39 is 6.10 Å². The number of ether oxygens (including phenoxy) is 3. The fourth-order valence-corrected chi connectivity index (χ4v) is 8.88. The van der Waals surface area contributed by atoms with Crippen molar-refractivity contribution in [3.8, 4) is 0 Å². The van der Waals surface area contributed by atoms with E-state index in [4.69, 9.17) is 14.2 Å². The number of esters is 3. The van der Waals surface area contributed by atoms with Crippen LogP contribution in [0, 0.1) is 0 Å². The van der Waals surface area contributed by atoms with E-state index in [1.54, 1.807) is 0 Å². The van der Waals surface area contributed by atoms with Gasteiger partial charge in [0.15, 0.2) is 6.10 Å². The highest BCUT2D eigenvalue weighted by atomic mass is 16.6. The second kappa shape index (κ2) is 62.9. The number of carbonyl (C=O) groups is 3. The number of unbranched alkanes of at least 4 members (excludes halogenated alkanes) is 30. The molecule has 0 aliphatic carbocycles. The van der Waals surface area contributed by atoms with E-state index in [-0.39, 0.29) is 37.5 Å². The smallest absolute Gasteiger partial charge is 0.306 e. The molecule has 0 aromatic carbocycles. The highest BCUT2D eigenvalue weighted by molar-refractivity contribution is 5.71. The lowest BCUT2D eigenvalue weighted by molar-refractivity contribution is -0.166. The summed E-state index contributed by atoms with van der Waals surface area (Å²) in [4.78, 5) is 38.2. The van der Waals surface area contributed by atoms with Crippen LogP contribution in [-0.2, 0) is 28.6 Å². The third-order valence-corrected chi connectivity index (χ3v) is 13.6. The summed E-state index contributed by atoms with van der Waals surface area (Å²) in [5, 5.41) is 0. The summed E-state index contributed by atoms with van der Waals surface area (Å²) < 4.78 is 16.8.